The monoisotopic (exact) mass is 343 g/mol. The highest BCUT2D eigenvalue weighted by atomic mass is 32.2. The lowest BCUT2D eigenvalue weighted by Crippen LogP contribution is -2.14. The molecule has 0 unspecified atom stereocenters. The van der Waals surface area contributed by atoms with Crippen molar-refractivity contribution in [2.45, 2.75) is 36.5 Å². The van der Waals surface area contributed by atoms with Crippen molar-refractivity contribution in [3.63, 3.8) is 0 Å². The van der Waals surface area contributed by atoms with Crippen LogP contribution in [0.4, 0.5) is 0 Å². The van der Waals surface area contributed by atoms with E-state index in [0.717, 1.165) is 35.2 Å². The zero-order valence-corrected chi connectivity index (χ0v) is 13.8. The SMILES string of the molecule is O=c1[nH]cnc2c1c(C1CCCC1)cn2S(=O)(=O)c1ccccc1. The molecule has 1 aliphatic carbocycles. The van der Waals surface area contributed by atoms with Crippen LogP contribution < -0.4 is 5.56 Å². The molecule has 24 heavy (non-hydrogen) atoms. The van der Waals surface area contributed by atoms with E-state index in [-0.39, 0.29) is 22.0 Å². The highest BCUT2D eigenvalue weighted by Gasteiger charge is 2.28. The molecule has 1 aliphatic rings. The van der Waals surface area contributed by atoms with Crippen LogP contribution in [0.15, 0.2) is 52.5 Å². The van der Waals surface area contributed by atoms with Crippen LogP contribution in [0.3, 0.4) is 0 Å². The second kappa shape index (κ2) is 5.59. The molecule has 2 aromatic heterocycles. The number of H-pyrrole nitrogens is 1. The van der Waals surface area contributed by atoms with Gasteiger partial charge in [-0.3, -0.25) is 4.79 Å². The Hall–Kier alpha value is -2.41. The minimum Gasteiger partial charge on any atom is -0.312 e. The number of fused-ring (bicyclic) bond motifs is 1. The average molecular weight is 343 g/mol. The third kappa shape index (κ3) is 2.27. The number of aromatic nitrogens is 3. The van der Waals surface area contributed by atoms with Crippen LogP contribution in [-0.2, 0) is 10.0 Å². The fourth-order valence-corrected chi connectivity index (χ4v) is 4.85. The summed E-state index contributed by atoms with van der Waals surface area (Å²) in [5, 5.41) is 0.393. The van der Waals surface area contributed by atoms with Crippen molar-refractivity contribution >= 4 is 21.1 Å². The van der Waals surface area contributed by atoms with Gasteiger partial charge in [-0.05, 0) is 36.5 Å². The van der Waals surface area contributed by atoms with E-state index in [1.54, 1.807) is 36.5 Å². The van der Waals surface area contributed by atoms with Crippen molar-refractivity contribution in [3.05, 3.63) is 58.8 Å². The maximum Gasteiger partial charge on any atom is 0.269 e. The van der Waals surface area contributed by atoms with Crippen LogP contribution >= 0.6 is 0 Å². The average Bonchev–Trinajstić information content (AvgIpc) is 3.23. The predicted molar refractivity (Wildman–Crippen MR) is 90.6 cm³/mol. The molecule has 4 rings (SSSR count). The summed E-state index contributed by atoms with van der Waals surface area (Å²) < 4.78 is 27.1. The molecule has 7 heteroatoms. The van der Waals surface area contributed by atoms with Gasteiger partial charge in [0.15, 0.2) is 5.65 Å². The molecule has 1 fully saturated rings. The molecular weight excluding hydrogens is 326 g/mol. The Balaban J connectivity index is 2.00. The number of hydrogen-bond donors (Lipinski definition) is 1. The van der Waals surface area contributed by atoms with Crippen molar-refractivity contribution < 1.29 is 8.42 Å². The molecular formula is C17H17N3O3S. The zero-order valence-electron chi connectivity index (χ0n) is 13.0. The first-order chi connectivity index (χ1) is 11.6. The van der Waals surface area contributed by atoms with Gasteiger partial charge in [0.05, 0.1) is 16.6 Å². The van der Waals surface area contributed by atoms with Crippen molar-refractivity contribution in [1.29, 1.82) is 0 Å². The number of aromatic amines is 1. The quantitative estimate of drug-likeness (QED) is 0.792. The lowest BCUT2D eigenvalue weighted by molar-refractivity contribution is 0.588. The predicted octanol–water partition coefficient (Wildman–Crippen LogP) is 2.62. The minimum atomic E-state index is -3.79. The standard InChI is InChI=1S/C17H17N3O3S/c21-17-15-14(12-6-4-5-7-12)10-20(16(15)18-11-19-17)24(22,23)13-8-2-1-3-9-13/h1-3,8-12H,4-7H2,(H,18,19,21). The Morgan fingerprint density at radius 3 is 2.54 bits per heavy atom. The Bertz CT molecular complexity index is 1050. The number of nitrogens with zero attached hydrogens (tertiary/aromatic N) is 2. The van der Waals surface area contributed by atoms with Gasteiger partial charge in [0.2, 0.25) is 0 Å². The summed E-state index contributed by atoms with van der Waals surface area (Å²) >= 11 is 0. The zero-order chi connectivity index (χ0) is 16.7. The van der Waals surface area contributed by atoms with Crippen molar-refractivity contribution in [2.75, 3.05) is 0 Å². The first-order valence-electron chi connectivity index (χ1n) is 7.98. The van der Waals surface area contributed by atoms with Gasteiger partial charge < -0.3 is 4.98 Å². The molecule has 0 radical (unpaired) electrons. The summed E-state index contributed by atoms with van der Waals surface area (Å²) in [5.41, 5.74) is 0.699. The molecule has 0 saturated heterocycles. The summed E-state index contributed by atoms with van der Waals surface area (Å²) in [4.78, 5) is 19.2. The van der Waals surface area contributed by atoms with Gasteiger partial charge in [0.25, 0.3) is 15.6 Å². The highest BCUT2D eigenvalue weighted by molar-refractivity contribution is 7.90. The lowest BCUT2D eigenvalue weighted by atomic mass is 9.98. The Kier molecular flexibility index (Phi) is 3.53. The van der Waals surface area contributed by atoms with E-state index in [0.29, 0.717) is 5.39 Å². The van der Waals surface area contributed by atoms with Crippen LogP contribution in [0.2, 0.25) is 0 Å². The van der Waals surface area contributed by atoms with Gasteiger partial charge >= 0.3 is 0 Å². The second-order valence-corrected chi connectivity index (χ2v) is 7.92. The molecule has 1 saturated carbocycles. The van der Waals surface area contributed by atoms with Crippen molar-refractivity contribution in [2.24, 2.45) is 0 Å². The van der Waals surface area contributed by atoms with Crippen molar-refractivity contribution in [1.82, 2.24) is 13.9 Å². The molecule has 1 aromatic carbocycles. The van der Waals surface area contributed by atoms with E-state index < -0.39 is 10.0 Å². The topological polar surface area (TPSA) is 84.8 Å². The smallest absolute Gasteiger partial charge is 0.269 e. The maximum atomic E-state index is 13.0. The first kappa shape index (κ1) is 15.1. The molecule has 3 aromatic rings. The maximum absolute atomic E-state index is 13.0. The Morgan fingerprint density at radius 1 is 1.12 bits per heavy atom. The van der Waals surface area contributed by atoms with E-state index in [2.05, 4.69) is 9.97 Å². The Labute approximate surface area is 139 Å². The summed E-state index contributed by atoms with van der Waals surface area (Å²) in [5.74, 6) is 0.213. The van der Waals surface area contributed by atoms with E-state index in [4.69, 9.17) is 0 Å². The van der Waals surface area contributed by atoms with Gasteiger partial charge in [-0.2, -0.15) is 0 Å². The first-order valence-corrected chi connectivity index (χ1v) is 9.42. The van der Waals surface area contributed by atoms with Crippen LogP contribution in [0.1, 0.15) is 37.2 Å². The summed E-state index contributed by atoms with van der Waals surface area (Å²) in [7, 11) is -3.79. The van der Waals surface area contributed by atoms with Crippen LogP contribution in [0, 0.1) is 0 Å². The fraction of sp³-hybridized carbons (Fsp3) is 0.294. The summed E-state index contributed by atoms with van der Waals surface area (Å²) in [6.07, 6.45) is 6.98. The van der Waals surface area contributed by atoms with Gasteiger partial charge in [0.1, 0.15) is 0 Å². The Morgan fingerprint density at radius 2 is 1.83 bits per heavy atom. The van der Waals surface area contributed by atoms with Gasteiger partial charge in [-0.1, -0.05) is 31.0 Å². The molecule has 0 bridgehead atoms. The normalized spacial score (nSPS) is 16.0. The minimum absolute atomic E-state index is 0.182. The molecule has 2 heterocycles. The van der Waals surface area contributed by atoms with Crippen LogP contribution in [-0.4, -0.2) is 22.4 Å². The fourth-order valence-electron chi connectivity index (χ4n) is 3.51. The molecule has 6 nitrogen and oxygen atoms in total. The number of nitrogens with one attached hydrogen (secondary N) is 1. The van der Waals surface area contributed by atoms with Gasteiger partial charge in [-0.15, -0.1) is 0 Å². The van der Waals surface area contributed by atoms with Crippen LogP contribution in [0.25, 0.3) is 11.0 Å². The van der Waals surface area contributed by atoms with Gasteiger partial charge in [-0.25, -0.2) is 17.4 Å². The molecule has 0 atom stereocenters. The third-order valence-electron chi connectivity index (χ3n) is 4.68. The summed E-state index contributed by atoms with van der Waals surface area (Å²) in [6, 6.07) is 8.21. The number of rotatable bonds is 3. The summed E-state index contributed by atoms with van der Waals surface area (Å²) in [6.45, 7) is 0. The highest BCUT2D eigenvalue weighted by Crippen LogP contribution is 2.37. The van der Waals surface area contributed by atoms with E-state index in [1.807, 2.05) is 0 Å². The molecule has 0 amide bonds. The number of hydrogen-bond acceptors (Lipinski definition) is 4. The van der Waals surface area contributed by atoms with Gasteiger partial charge in [0, 0.05) is 6.20 Å². The van der Waals surface area contributed by atoms with Crippen LogP contribution in [0.5, 0.6) is 0 Å². The largest absolute Gasteiger partial charge is 0.312 e. The van der Waals surface area contributed by atoms with Crippen molar-refractivity contribution in [3.8, 4) is 0 Å². The molecule has 0 aliphatic heterocycles. The second-order valence-electron chi connectivity index (χ2n) is 6.11. The van der Waals surface area contributed by atoms with E-state index in [1.165, 1.54) is 6.33 Å². The van der Waals surface area contributed by atoms with E-state index >= 15 is 0 Å². The molecule has 0 spiro atoms. The third-order valence-corrected chi connectivity index (χ3v) is 6.35. The lowest BCUT2D eigenvalue weighted by Gasteiger charge is -2.07. The molecule has 1 N–H and O–H groups in total. The molecule has 124 valence electrons. The number of benzene rings is 1. The van der Waals surface area contributed by atoms with E-state index in [9.17, 15) is 13.2 Å².